The van der Waals surface area contributed by atoms with E-state index in [1.54, 1.807) is 6.07 Å². The van der Waals surface area contributed by atoms with Crippen LogP contribution in [-0.2, 0) is 0 Å². The van der Waals surface area contributed by atoms with E-state index in [1.165, 1.54) is 12.4 Å². The normalized spacial score (nSPS) is 25.8. The number of hydrogen-bond donors (Lipinski definition) is 1. The average Bonchev–Trinajstić information content (AvgIpc) is 2.48. The van der Waals surface area contributed by atoms with Crippen molar-refractivity contribution in [1.29, 1.82) is 5.26 Å². The van der Waals surface area contributed by atoms with Gasteiger partial charge in [-0.15, -0.1) is 0 Å². The second-order valence-corrected chi connectivity index (χ2v) is 5.76. The highest BCUT2D eigenvalue weighted by Gasteiger charge is 2.36. The van der Waals surface area contributed by atoms with Crippen LogP contribution >= 0.6 is 11.6 Å². The highest BCUT2D eigenvalue weighted by molar-refractivity contribution is 6.33. The Bertz CT molecular complexity index is 530. The minimum atomic E-state index is -0.755. The number of rotatable bonds is 3. The first kappa shape index (κ1) is 14.8. The number of halogens is 1. The molecule has 5 heteroatoms. The van der Waals surface area contributed by atoms with Crippen LogP contribution in [0.15, 0.2) is 18.5 Å². The number of pyridine rings is 1. The lowest BCUT2D eigenvalue weighted by Gasteiger charge is -2.35. The van der Waals surface area contributed by atoms with E-state index in [0.29, 0.717) is 29.3 Å². The molecular weight excluding hydrogens is 274 g/mol. The van der Waals surface area contributed by atoms with Crippen LogP contribution in [-0.4, -0.2) is 16.4 Å². The van der Waals surface area contributed by atoms with Gasteiger partial charge in [-0.1, -0.05) is 24.9 Å². The van der Waals surface area contributed by atoms with E-state index in [-0.39, 0.29) is 5.91 Å². The zero-order valence-electron chi connectivity index (χ0n) is 11.5. The van der Waals surface area contributed by atoms with Gasteiger partial charge in [-0.25, -0.2) is 0 Å². The third kappa shape index (κ3) is 3.10. The van der Waals surface area contributed by atoms with Crippen LogP contribution in [0.2, 0.25) is 5.02 Å². The van der Waals surface area contributed by atoms with Gasteiger partial charge in [0.2, 0.25) is 0 Å². The summed E-state index contributed by atoms with van der Waals surface area (Å²) in [6.45, 7) is 2.17. The van der Waals surface area contributed by atoms with Crippen molar-refractivity contribution in [2.45, 2.75) is 44.6 Å². The van der Waals surface area contributed by atoms with E-state index < -0.39 is 5.54 Å². The fourth-order valence-corrected chi connectivity index (χ4v) is 2.89. The molecule has 0 aliphatic heterocycles. The number of carbonyl (C=O) groups excluding carboxylic acids is 1. The molecule has 0 aromatic carbocycles. The summed E-state index contributed by atoms with van der Waals surface area (Å²) in [5.41, 5.74) is -0.385. The second-order valence-electron chi connectivity index (χ2n) is 5.36. The maximum Gasteiger partial charge on any atom is 0.254 e. The molecule has 1 aliphatic rings. The molecule has 0 unspecified atom stereocenters. The molecule has 20 heavy (non-hydrogen) atoms. The molecule has 1 N–H and O–H groups in total. The minimum Gasteiger partial charge on any atom is -0.334 e. The lowest BCUT2D eigenvalue weighted by atomic mass is 9.76. The number of carbonyl (C=O) groups is 1. The Morgan fingerprint density at radius 1 is 1.60 bits per heavy atom. The quantitative estimate of drug-likeness (QED) is 0.929. The molecule has 0 saturated heterocycles. The zero-order chi connectivity index (χ0) is 14.6. The van der Waals surface area contributed by atoms with Crippen LogP contribution in [0.4, 0.5) is 0 Å². The van der Waals surface area contributed by atoms with E-state index >= 15 is 0 Å². The van der Waals surface area contributed by atoms with Crippen LogP contribution in [0.1, 0.15) is 49.4 Å². The van der Waals surface area contributed by atoms with Crippen LogP contribution < -0.4 is 5.32 Å². The van der Waals surface area contributed by atoms with Gasteiger partial charge in [-0.2, -0.15) is 5.26 Å². The van der Waals surface area contributed by atoms with Gasteiger partial charge < -0.3 is 5.32 Å². The fourth-order valence-electron chi connectivity index (χ4n) is 2.69. The molecule has 0 atom stereocenters. The van der Waals surface area contributed by atoms with E-state index in [0.717, 1.165) is 19.3 Å². The molecule has 106 valence electrons. The molecule has 1 amide bonds. The Labute approximate surface area is 124 Å². The van der Waals surface area contributed by atoms with Gasteiger partial charge >= 0.3 is 0 Å². The van der Waals surface area contributed by atoms with E-state index in [1.807, 2.05) is 0 Å². The van der Waals surface area contributed by atoms with Crippen LogP contribution in [0.3, 0.4) is 0 Å². The molecule has 0 bridgehead atoms. The Kier molecular flexibility index (Phi) is 4.61. The molecule has 1 aromatic heterocycles. The molecule has 4 nitrogen and oxygen atoms in total. The molecule has 1 fully saturated rings. The number of nitriles is 1. The average molecular weight is 292 g/mol. The predicted octanol–water partition coefficient (Wildman–Crippen LogP) is 3.33. The van der Waals surface area contributed by atoms with Crippen molar-refractivity contribution in [3.05, 3.63) is 29.0 Å². The summed E-state index contributed by atoms with van der Waals surface area (Å²) in [4.78, 5) is 16.1. The first-order valence-corrected chi connectivity index (χ1v) is 7.31. The third-order valence-corrected chi connectivity index (χ3v) is 4.42. The Morgan fingerprint density at radius 2 is 2.30 bits per heavy atom. The van der Waals surface area contributed by atoms with Gasteiger partial charge in [0.25, 0.3) is 5.91 Å². The second kappa shape index (κ2) is 6.23. The zero-order valence-corrected chi connectivity index (χ0v) is 12.3. The van der Waals surface area contributed by atoms with E-state index in [9.17, 15) is 10.1 Å². The summed E-state index contributed by atoms with van der Waals surface area (Å²) < 4.78 is 0. The Balaban J connectivity index is 2.10. The van der Waals surface area contributed by atoms with E-state index in [4.69, 9.17) is 11.6 Å². The first-order valence-electron chi connectivity index (χ1n) is 6.93. The monoisotopic (exact) mass is 291 g/mol. The van der Waals surface area contributed by atoms with Crippen molar-refractivity contribution in [1.82, 2.24) is 10.3 Å². The van der Waals surface area contributed by atoms with Crippen molar-refractivity contribution < 1.29 is 4.79 Å². The number of nitrogens with one attached hydrogen (secondary N) is 1. The predicted molar refractivity (Wildman–Crippen MR) is 77.3 cm³/mol. The first-order chi connectivity index (χ1) is 9.60. The molecule has 2 rings (SSSR count). The highest BCUT2D eigenvalue weighted by atomic mass is 35.5. The Hall–Kier alpha value is -1.60. The molecule has 1 aromatic rings. The maximum absolute atomic E-state index is 12.3. The summed E-state index contributed by atoms with van der Waals surface area (Å²) >= 11 is 5.96. The lowest BCUT2D eigenvalue weighted by Crippen LogP contribution is -2.49. The number of nitrogens with zero attached hydrogens (tertiary/aromatic N) is 2. The summed E-state index contributed by atoms with van der Waals surface area (Å²) in [6, 6.07) is 3.86. The largest absolute Gasteiger partial charge is 0.334 e. The van der Waals surface area contributed by atoms with Gasteiger partial charge in [-0.05, 0) is 37.7 Å². The summed E-state index contributed by atoms with van der Waals surface area (Å²) in [7, 11) is 0. The SMILES string of the molecule is CCC1CCC(C#N)(NC(=O)c2ccncc2Cl)CC1. The van der Waals surface area contributed by atoms with Crippen molar-refractivity contribution in [3.63, 3.8) is 0 Å². The van der Waals surface area contributed by atoms with Crippen LogP contribution in [0.25, 0.3) is 0 Å². The molecule has 1 saturated carbocycles. The van der Waals surface area contributed by atoms with Crippen molar-refractivity contribution in [2.75, 3.05) is 0 Å². The number of hydrogen-bond acceptors (Lipinski definition) is 3. The van der Waals surface area contributed by atoms with Crippen LogP contribution in [0.5, 0.6) is 0 Å². The molecule has 0 spiro atoms. The number of aromatic nitrogens is 1. The number of amides is 1. The van der Waals surface area contributed by atoms with Gasteiger partial charge in [0.1, 0.15) is 5.54 Å². The fraction of sp³-hybridized carbons (Fsp3) is 0.533. The van der Waals surface area contributed by atoms with Crippen LogP contribution in [0, 0.1) is 17.2 Å². The topological polar surface area (TPSA) is 65.8 Å². The molecular formula is C15H18ClN3O. The Morgan fingerprint density at radius 3 is 2.85 bits per heavy atom. The summed E-state index contributed by atoms with van der Waals surface area (Å²) in [6.07, 6.45) is 7.46. The van der Waals surface area contributed by atoms with Crippen molar-refractivity contribution in [2.24, 2.45) is 5.92 Å². The van der Waals surface area contributed by atoms with Gasteiger partial charge in [0.05, 0.1) is 16.7 Å². The van der Waals surface area contributed by atoms with Crippen molar-refractivity contribution >= 4 is 17.5 Å². The molecule has 0 radical (unpaired) electrons. The molecule has 1 heterocycles. The summed E-state index contributed by atoms with van der Waals surface area (Å²) in [5, 5.41) is 12.6. The lowest BCUT2D eigenvalue weighted by molar-refractivity contribution is 0.0891. The third-order valence-electron chi connectivity index (χ3n) is 4.12. The standard InChI is InChI=1S/C15H18ClN3O/c1-2-11-3-6-15(10-17,7-4-11)19-14(20)12-5-8-18-9-13(12)16/h5,8-9,11H,2-4,6-7H2,1H3,(H,19,20). The van der Waals surface area contributed by atoms with Gasteiger partial charge in [0.15, 0.2) is 0 Å². The van der Waals surface area contributed by atoms with Gasteiger partial charge in [-0.3, -0.25) is 9.78 Å². The smallest absolute Gasteiger partial charge is 0.254 e. The minimum absolute atomic E-state index is 0.297. The van der Waals surface area contributed by atoms with Gasteiger partial charge in [0, 0.05) is 12.4 Å². The highest BCUT2D eigenvalue weighted by Crippen LogP contribution is 2.33. The van der Waals surface area contributed by atoms with E-state index in [2.05, 4.69) is 23.3 Å². The summed E-state index contributed by atoms with van der Waals surface area (Å²) in [5.74, 6) is 0.367. The molecule has 1 aliphatic carbocycles. The van der Waals surface area contributed by atoms with Crippen molar-refractivity contribution in [3.8, 4) is 6.07 Å². The maximum atomic E-state index is 12.3.